The number of hydrogen-bond acceptors (Lipinski definition) is 2. The maximum absolute atomic E-state index is 5.86. The highest BCUT2D eigenvalue weighted by Gasteiger charge is 2.06. The number of benzene rings is 1. The highest BCUT2D eigenvalue weighted by atomic mass is 79.9. The molecule has 0 spiro atoms. The Kier molecular flexibility index (Phi) is 3.63. The third-order valence-electron chi connectivity index (χ3n) is 2.21. The van der Waals surface area contributed by atoms with Crippen LogP contribution in [-0.2, 0) is 6.54 Å². The minimum Gasteiger partial charge on any atom is -0.316 e. The van der Waals surface area contributed by atoms with Crippen molar-refractivity contribution in [2.24, 2.45) is 0 Å². The van der Waals surface area contributed by atoms with E-state index in [-0.39, 0.29) is 0 Å². The van der Waals surface area contributed by atoms with Crippen molar-refractivity contribution < 1.29 is 0 Å². The number of rotatable bonds is 3. The fourth-order valence-electron chi connectivity index (χ4n) is 1.54. The Bertz CT molecular complexity index is 496. The molecule has 0 aliphatic carbocycles. The molecule has 0 aliphatic heterocycles. The predicted octanol–water partition coefficient (Wildman–Crippen LogP) is 3.01. The van der Waals surface area contributed by atoms with Crippen molar-refractivity contribution in [1.82, 2.24) is 15.1 Å². The Morgan fingerprint density at radius 3 is 2.94 bits per heavy atom. The summed E-state index contributed by atoms with van der Waals surface area (Å²) < 4.78 is 2.83. The molecular weight excluding hydrogens is 289 g/mol. The molecule has 2 rings (SSSR count). The average molecular weight is 301 g/mol. The highest BCUT2D eigenvalue weighted by Crippen LogP contribution is 2.20. The van der Waals surface area contributed by atoms with E-state index in [1.165, 1.54) is 0 Å². The van der Waals surface area contributed by atoms with Crippen LogP contribution in [0.15, 0.2) is 35.1 Å². The molecule has 2 aromatic rings. The fraction of sp³-hybridized carbons (Fsp3) is 0.182. The molecule has 0 atom stereocenters. The first kappa shape index (κ1) is 11.6. The zero-order valence-electron chi connectivity index (χ0n) is 8.74. The van der Waals surface area contributed by atoms with Gasteiger partial charge in [-0.05, 0) is 30.8 Å². The molecule has 84 valence electrons. The number of nitrogens with one attached hydrogen (secondary N) is 1. The van der Waals surface area contributed by atoms with Gasteiger partial charge in [0.15, 0.2) is 0 Å². The maximum Gasteiger partial charge on any atom is 0.0790 e. The molecular formula is C11H11BrClN3. The van der Waals surface area contributed by atoms with Gasteiger partial charge in [-0.2, -0.15) is 5.10 Å². The first-order chi connectivity index (χ1) is 7.70. The highest BCUT2D eigenvalue weighted by molar-refractivity contribution is 9.10. The van der Waals surface area contributed by atoms with Gasteiger partial charge in [0.1, 0.15) is 0 Å². The standard InChI is InChI=1S/C11H11BrClN3/c1-14-5-8-4-9(12)2-3-11(8)16-7-10(13)6-15-16/h2-4,6-7,14H,5H2,1H3. The van der Waals surface area contributed by atoms with E-state index >= 15 is 0 Å². The second kappa shape index (κ2) is 4.99. The van der Waals surface area contributed by atoms with E-state index in [1.54, 1.807) is 17.1 Å². The zero-order valence-corrected chi connectivity index (χ0v) is 11.1. The van der Waals surface area contributed by atoms with Gasteiger partial charge in [-0.25, -0.2) is 4.68 Å². The minimum absolute atomic E-state index is 0.637. The molecule has 1 aromatic heterocycles. The molecule has 0 radical (unpaired) electrons. The lowest BCUT2D eigenvalue weighted by atomic mass is 10.2. The van der Waals surface area contributed by atoms with Crippen LogP contribution in [0, 0.1) is 0 Å². The summed E-state index contributed by atoms with van der Waals surface area (Å²) in [5.41, 5.74) is 2.20. The quantitative estimate of drug-likeness (QED) is 0.944. The van der Waals surface area contributed by atoms with Crippen LogP contribution in [0.1, 0.15) is 5.56 Å². The monoisotopic (exact) mass is 299 g/mol. The third kappa shape index (κ3) is 2.45. The average Bonchev–Trinajstić information content (AvgIpc) is 2.65. The zero-order chi connectivity index (χ0) is 11.5. The van der Waals surface area contributed by atoms with Crippen LogP contribution in [0.25, 0.3) is 5.69 Å². The van der Waals surface area contributed by atoms with Crippen LogP contribution in [-0.4, -0.2) is 16.8 Å². The summed E-state index contributed by atoms with van der Waals surface area (Å²) in [6.45, 7) is 0.784. The van der Waals surface area contributed by atoms with E-state index in [9.17, 15) is 0 Å². The van der Waals surface area contributed by atoms with E-state index in [1.807, 2.05) is 19.2 Å². The van der Waals surface area contributed by atoms with Crippen LogP contribution in [0.4, 0.5) is 0 Å². The lowest BCUT2D eigenvalue weighted by Crippen LogP contribution is -2.09. The summed E-state index contributed by atoms with van der Waals surface area (Å²) >= 11 is 9.32. The summed E-state index contributed by atoms with van der Waals surface area (Å²) in [4.78, 5) is 0. The van der Waals surface area contributed by atoms with Crippen molar-refractivity contribution in [3.05, 3.63) is 45.7 Å². The number of aromatic nitrogens is 2. The second-order valence-electron chi connectivity index (χ2n) is 3.41. The Morgan fingerprint density at radius 2 is 2.31 bits per heavy atom. The largest absolute Gasteiger partial charge is 0.316 e. The predicted molar refractivity (Wildman–Crippen MR) is 69.0 cm³/mol. The molecule has 1 aromatic carbocycles. The molecule has 0 saturated heterocycles. The SMILES string of the molecule is CNCc1cc(Br)ccc1-n1cc(Cl)cn1. The smallest absolute Gasteiger partial charge is 0.0790 e. The van der Waals surface area contributed by atoms with Crippen molar-refractivity contribution >= 4 is 27.5 Å². The lowest BCUT2D eigenvalue weighted by Gasteiger charge is -2.09. The van der Waals surface area contributed by atoms with Crippen molar-refractivity contribution in [3.63, 3.8) is 0 Å². The Balaban J connectivity index is 2.47. The van der Waals surface area contributed by atoms with Crippen molar-refractivity contribution in [2.75, 3.05) is 7.05 Å². The van der Waals surface area contributed by atoms with Crippen LogP contribution in [0.3, 0.4) is 0 Å². The minimum atomic E-state index is 0.637. The van der Waals surface area contributed by atoms with E-state index in [4.69, 9.17) is 11.6 Å². The van der Waals surface area contributed by atoms with Crippen LogP contribution in [0.5, 0.6) is 0 Å². The van der Waals surface area contributed by atoms with Gasteiger partial charge in [-0.3, -0.25) is 0 Å². The molecule has 1 N–H and O–H groups in total. The van der Waals surface area contributed by atoms with Gasteiger partial charge in [-0.15, -0.1) is 0 Å². The second-order valence-corrected chi connectivity index (χ2v) is 4.76. The summed E-state index contributed by atoms with van der Waals surface area (Å²) in [7, 11) is 1.92. The number of halogens is 2. The molecule has 1 heterocycles. The summed E-state index contributed by atoms with van der Waals surface area (Å²) in [6.07, 6.45) is 3.43. The lowest BCUT2D eigenvalue weighted by molar-refractivity contribution is 0.788. The topological polar surface area (TPSA) is 29.9 Å². The van der Waals surface area contributed by atoms with Gasteiger partial charge >= 0.3 is 0 Å². The molecule has 16 heavy (non-hydrogen) atoms. The van der Waals surface area contributed by atoms with E-state index < -0.39 is 0 Å². The third-order valence-corrected chi connectivity index (χ3v) is 2.90. The summed E-state index contributed by atoms with van der Waals surface area (Å²) in [6, 6.07) is 6.07. The fourth-order valence-corrected chi connectivity index (χ4v) is 2.09. The molecule has 0 bridgehead atoms. The van der Waals surface area contributed by atoms with Gasteiger partial charge in [0.25, 0.3) is 0 Å². The Hall–Kier alpha value is -0.840. The summed E-state index contributed by atoms with van der Waals surface area (Å²) in [5, 5.41) is 7.97. The Morgan fingerprint density at radius 1 is 1.50 bits per heavy atom. The molecule has 0 amide bonds. The first-order valence-electron chi connectivity index (χ1n) is 4.84. The van der Waals surface area contributed by atoms with E-state index in [0.717, 1.165) is 22.3 Å². The number of nitrogens with zero attached hydrogens (tertiary/aromatic N) is 2. The molecule has 0 aliphatic rings. The molecule has 0 unspecified atom stereocenters. The van der Waals surface area contributed by atoms with Gasteiger partial charge in [-0.1, -0.05) is 27.5 Å². The molecule has 0 fully saturated rings. The van der Waals surface area contributed by atoms with Gasteiger partial charge < -0.3 is 5.32 Å². The van der Waals surface area contributed by atoms with Crippen molar-refractivity contribution in [2.45, 2.75) is 6.54 Å². The van der Waals surface area contributed by atoms with Crippen molar-refractivity contribution in [1.29, 1.82) is 0 Å². The molecule has 0 saturated carbocycles. The van der Waals surface area contributed by atoms with Crippen LogP contribution < -0.4 is 5.32 Å². The van der Waals surface area contributed by atoms with E-state index in [0.29, 0.717) is 5.02 Å². The summed E-state index contributed by atoms with van der Waals surface area (Å²) in [5.74, 6) is 0. The Labute approximate surface area is 108 Å². The first-order valence-corrected chi connectivity index (χ1v) is 6.01. The van der Waals surface area contributed by atoms with Gasteiger partial charge in [0.05, 0.1) is 16.9 Å². The van der Waals surface area contributed by atoms with Gasteiger partial charge in [0.2, 0.25) is 0 Å². The van der Waals surface area contributed by atoms with Gasteiger partial charge in [0, 0.05) is 17.2 Å². The van der Waals surface area contributed by atoms with Crippen LogP contribution in [0.2, 0.25) is 5.02 Å². The normalized spacial score (nSPS) is 10.7. The maximum atomic E-state index is 5.86. The molecule has 3 nitrogen and oxygen atoms in total. The molecule has 5 heteroatoms. The van der Waals surface area contributed by atoms with Crippen molar-refractivity contribution in [3.8, 4) is 5.69 Å². The van der Waals surface area contributed by atoms with Crippen LogP contribution >= 0.6 is 27.5 Å². The van der Waals surface area contributed by atoms with E-state index in [2.05, 4.69) is 32.4 Å². The number of hydrogen-bond donors (Lipinski definition) is 1.